The lowest BCUT2D eigenvalue weighted by atomic mass is 9.81. The van der Waals surface area contributed by atoms with Gasteiger partial charge in [0, 0.05) is 16.9 Å². The minimum atomic E-state index is -0.404. The van der Waals surface area contributed by atoms with Crippen LogP contribution in [0.3, 0.4) is 0 Å². The first kappa shape index (κ1) is 16.3. The number of hydrogen-bond acceptors (Lipinski definition) is 2. The molecule has 128 valence electrons. The van der Waals surface area contributed by atoms with E-state index in [4.69, 9.17) is 11.6 Å². The molecule has 4 rings (SSSR count). The van der Waals surface area contributed by atoms with E-state index in [1.165, 1.54) is 12.1 Å². The summed E-state index contributed by atoms with van der Waals surface area (Å²) < 4.78 is 13.7. The molecule has 2 aliphatic rings. The monoisotopic (exact) mass is 356 g/mol. The van der Waals surface area contributed by atoms with Crippen molar-refractivity contribution in [1.29, 1.82) is 0 Å². The minimum Gasteiger partial charge on any atom is -0.511 e. The second-order valence-electron chi connectivity index (χ2n) is 7.02. The van der Waals surface area contributed by atoms with Crippen molar-refractivity contribution in [3.8, 4) is 11.1 Å². The zero-order valence-electron chi connectivity index (χ0n) is 13.9. The SMILES string of the molecule is Cc1ccc(-c2cc(F)cc(Cl)c2)cc1C1=C(O)[C@H]2CC[C@H](C2)C1=O. The van der Waals surface area contributed by atoms with Crippen LogP contribution < -0.4 is 0 Å². The topological polar surface area (TPSA) is 37.3 Å². The number of fused-ring (bicyclic) bond motifs is 2. The summed E-state index contributed by atoms with van der Waals surface area (Å²) in [6.07, 6.45) is 2.46. The Morgan fingerprint density at radius 1 is 1.08 bits per heavy atom. The first-order valence-corrected chi connectivity index (χ1v) is 8.86. The van der Waals surface area contributed by atoms with Crippen molar-refractivity contribution in [2.45, 2.75) is 26.2 Å². The second-order valence-corrected chi connectivity index (χ2v) is 7.46. The molecule has 1 fully saturated rings. The Bertz CT molecular complexity index is 896. The fourth-order valence-electron chi connectivity index (χ4n) is 4.06. The molecule has 2 aromatic rings. The van der Waals surface area contributed by atoms with E-state index in [0.717, 1.165) is 36.0 Å². The van der Waals surface area contributed by atoms with Crippen LogP contribution in [0.25, 0.3) is 16.7 Å². The summed E-state index contributed by atoms with van der Waals surface area (Å²) >= 11 is 5.97. The minimum absolute atomic E-state index is 0.0163. The van der Waals surface area contributed by atoms with E-state index in [-0.39, 0.29) is 23.4 Å². The largest absolute Gasteiger partial charge is 0.511 e. The van der Waals surface area contributed by atoms with Gasteiger partial charge in [-0.2, -0.15) is 0 Å². The molecule has 0 amide bonds. The van der Waals surface area contributed by atoms with Gasteiger partial charge in [-0.3, -0.25) is 4.79 Å². The Balaban J connectivity index is 1.86. The lowest BCUT2D eigenvalue weighted by molar-refractivity contribution is -0.117. The third-order valence-corrected chi connectivity index (χ3v) is 5.61. The Morgan fingerprint density at radius 2 is 1.84 bits per heavy atom. The van der Waals surface area contributed by atoms with Crippen LogP contribution in [0.2, 0.25) is 5.02 Å². The van der Waals surface area contributed by atoms with Crippen LogP contribution in [-0.2, 0) is 4.79 Å². The highest BCUT2D eigenvalue weighted by Crippen LogP contribution is 2.46. The van der Waals surface area contributed by atoms with Crippen molar-refractivity contribution in [1.82, 2.24) is 0 Å². The third kappa shape index (κ3) is 2.77. The number of allylic oxidation sites excluding steroid dienone is 2. The zero-order chi connectivity index (χ0) is 17.7. The maximum Gasteiger partial charge on any atom is 0.169 e. The van der Waals surface area contributed by atoms with Crippen LogP contribution >= 0.6 is 11.6 Å². The Hall–Kier alpha value is -2.13. The number of Topliss-reactive ketones (excluding diaryl/α,β-unsaturated/α-hetero) is 1. The normalized spacial score (nSPS) is 22.6. The molecule has 1 saturated carbocycles. The molecule has 0 aromatic heterocycles. The number of carbonyl (C=O) groups is 1. The van der Waals surface area contributed by atoms with E-state index in [0.29, 0.717) is 16.2 Å². The van der Waals surface area contributed by atoms with Gasteiger partial charge in [0.15, 0.2) is 5.78 Å². The molecule has 0 heterocycles. The van der Waals surface area contributed by atoms with Gasteiger partial charge in [-0.1, -0.05) is 23.7 Å². The maximum atomic E-state index is 13.7. The third-order valence-electron chi connectivity index (χ3n) is 5.40. The molecule has 2 bridgehead atoms. The van der Waals surface area contributed by atoms with Crippen LogP contribution in [0.1, 0.15) is 30.4 Å². The fraction of sp³-hybridized carbons (Fsp3) is 0.286. The van der Waals surface area contributed by atoms with Gasteiger partial charge in [-0.15, -0.1) is 0 Å². The lowest BCUT2D eigenvalue weighted by Crippen LogP contribution is -2.21. The number of halogens is 2. The predicted molar refractivity (Wildman–Crippen MR) is 97.0 cm³/mol. The number of aliphatic hydroxyl groups excluding tert-OH is 1. The van der Waals surface area contributed by atoms with E-state index in [2.05, 4.69) is 0 Å². The first-order chi connectivity index (χ1) is 11.9. The molecule has 0 unspecified atom stereocenters. The van der Waals surface area contributed by atoms with E-state index >= 15 is 0 Å². The quantitative estimate of drug-likeness (QED) is 0.746. The molecule has 0 radical (unpaired) electrons. The van der Waals surface area contributed by atoms with Crippen molar-refractivity contribution in [2.24, 2.45) is 11.8 Å². The average Bonchev–Trinajstić information content (AvgIpc) is 3.01. The fourth-order valence-corrected chi connectivity index (χ4v) is 4.29. The number of benzene rings is 2. The van der Waals surface area contributed by atoms with Gasteiger partial charge < -0.3 is 5.11 Å². The van der Waals surface area contributed by atoms with Crippen molar-refractivity contribution in [3.05, 3.63) is 64.1 Å². The van der Waals surface area contributed by atoms with Gasteiger partial charge in [0.2, 0.25) is 0 Å². The van der Waals surface area contributed by atoms with E-state index in [1.54, 1.807) is 6.07 Å². The summed E-state index contributed by atoms with van der Waals surface area (Å²) in [7, 11) is 0. The average molecular weight is 357 g/mol. The summed E-state index contributed by atoms with van der Waals surface area (Å²) in [5.74, 6) is -0.0505. The summed E-state index contributed by atoms with van der Waals surface area (Å²) in [5.41, 5.74) is 3.52. The number of rotatable bonds is 2. The number of aryl methyl sites for hydroxylation is 1. The van der Waals surface area contributed by atoms with Crippen molar-refractivity contribution >= 4 is 23.0 Å². The van der Waals surface area contributed by atoms with E-state index < -0.39 is 5.82 Å². The highest BCUT2D eigenvalue weighted by atomic mass is 35.5. The highest BCUT2D eigenvalue weighted by molar-refractivity contribution is 6.30. The molecule has 2 aromatic carbocycles. The maximum absolute atomic E-state index is 13.7. The van der Waals surface area contributed by atoms with Crippen molar-refractivity contribution < 1.29 is 14.3 Å². The standard InChI is InChI=1S/C21H18ClFO2/c1-11-2-3-12(15-7-16(22)10-17(23)8-15)9-18(11)19-20(24)13-4-5-14(6-13)21(19)25/h2-3,7-10,13-14,24H,4-6H2,1H3/t13-,14+/m0/s1. The molecule has 0 saturated heterocycles. The lowest BCUT2D eigenvalue weighted by Gasteiger charge is -2.23. The van der Waals surface area contributed by atoms with Gasteiger partial charge in [-0.25, -0.2) is 4.39 Å². The van der Waals surface area contributed by atoms with E-state index in [9.17, 15) is 14.3 Å². The molecule has 2 aliphatic carbocycles. The molecule has 4 heteroatoms. The molecule has 0 spiro atoms. The van der Waals surface area contributed by atoms with Gasteiger partial charge in [0.25, 0.3) is 0 Å². The van der Waals surface area contributed by atoms with Crippen LogP contribution in [0, 0.1) is 24.6 Å². The number of hydrogen-bond donors (Lipinski definition) is 1. The van der Waals surface area contributed by atoms with Crippen molar-refractivity contribution in [3.63, 3.8) is 0 Å². The molecular formula is C21H18ClFO2. The van der Waals surface area contributed by atoms with Gasteiger partial charge in [0.05, 0.1) is 5.57 Å². The molecule has 2 atom stereocenters. The second kappa shape index (κ2) is 5.99. The van der Waals surface area contributed by atoms with Crippen LogP contribution in [0.4, 0.5) is 4.39 Å². The molecule has 1 N–H and O–H groups in total. The zero-order valence-corrected chi connectivity index (χ0v) is 14.6. The van der Waals surface area contributed by atoms with Gasteiger partial charge in [0.1, 0.15) is 11.6 Å². The molecular weight excluding hydrogens is 339 g/mol. The Kier molecular flexibility index (Phi) is 3.92. The highest BCUT2D eigenvalue weighted by Gasteiger charge is 2.41. The Morgan fingerprint density at radius 3 is 2.60 bits per heavy atom. The van der Waals surface area contributed by atoms with Crippen LogP contribution in [0.5, 0.6) is 0 Å². The Labute approximate surface area is 150 Å². The van der Waals surface area contributed by atoms with Gasteiger partial charge in [-0.05, 0) is 72.7 Å². The number of aliphatic hydroxyl groups is 1. The molecule has 0 aliphatic heterocycles. The number of carbonyl (C=O) groups excluding carboxylic acids is 1. The van der Waals surface area contributed by atoms with Crippen LogP contribution in [-0.4, -0.2) is 10.9 Å². The smallest absolute Gasteiger partial charge is 0.169 e. The number of ketones is 1. The molecule has 2 nitrogen and oxygen atoms in total. The van der Waals surface area contributed by atoms with Crippen molar-refractivity contribution in [2.75, 3.05) is 0 Å². The van der Waals surface area contributed by atoms with E-state index in [1.807, 2.05) is 25.1 Å². The summed E-state index contributed by atoms with van der Waals surface area (Å²) in [4.78, 5) is 12.8. The summed E-state index contributed by atoms with van der Waals surface area (Å²) in [6, 6.07) is 10.0. The molecule has 25 heavy (non-hydrogen) atoms. The summed E-state index contributed by atoms with van der Waals surface area (Å²) in [6.45, 7) is 1.92. The van der Waals surface area contributed by atoms with Gasteiger partial charge >= 0.3 is 0 Å². The first-order valence-electron chi connectivity index (χ1n) is 8.49. The van der Waals surface area contributed by atoms with Crippen LogP contribution in [0.15, 0.2) is 42.2 Å². The summed E-state index contributed by atoms with van der Waals surface area (Å²) in [5, 5.41) is 11.0. The predicted octanol–water partition coefficient (Wildman–Crippen LogP) is 5.72.